The summed E-state index contributed by atoms with van der Waals surface area (Å²) in [6, 6.07) is 4.95. The number of aliphatic hydroxyl groups excluding tert-OH is 6. The van der Waals surface area contributed by atoms with Crippen LogP contribution in [0.2, 0.25) is 0 Å². The Labute approximate surface area is 176 Å². The smallest absolute Gasteiger partial charge is 0.269 e. The number of nitro benzene ring substituents is 1. The van der Waals surface area contributed by atoms with Crippen LogP contribution in [-0.2, 0) is 14.2 Å². The topological polar surface area (TPSA) is 201 Å². The Kier molecular flexibility index (Phi) is 7.41. The molecule has 2 aliphatic heterocycles. The number of benzene rings is 1. The summed E-state index contributed by atoms with van der Waals surface area (Å²) in [5, 5.41) is 70.6. The van der Waals surface area contributed by atoms with Gasteiger partial charge in [0, 0.05) is 12.1 Å². The van der Waals surface area contributed by atoms with Crippen molar-refractivity contribution in [2.45, 2.75) is 68.3 Å². The van der Waals surface area contributed by atoms with Gasteiger partial charge in [0.25, 0.3) is 5.69 Å². The second-order valence-corrected chi connectivity index (χ2v) is 7.41. The molecule has 2 saturated heterocycles. The maximum Gasteiger partial charge on any atom is 0.269 e. The van der Waals surface area contributed by atoms with Crippen molar-refractivity contribution in [3.8, 4) is 5.75 Å². The number of non-ortho nitro benzene ring substituents is 1. The third-order valence-electron chi connectivity index (χ3n) is 5.10. The van der Waals surface area contributed by atoms with E-state index in [0.29, 0.717) is 0 Å². The quantitative estimate of drug-likeness (QED) is 0.183. The van der Waals surface area contributed by atoms with Gasteiger partial charge in [0.15, 0.2) is 6.29 Å². The fourth-order valence-electron chi connectivity index (χ4n) is 3.36. The average Bonchev–Trinajstić information content (AvgIpc) is 3.17. The molecule has 1 aromatic carbocycles. The second kappa shape index (κ2) is 9.68. The summed E-state index contributed by atoms with van der Waals surface area (Å²) in [4.78, 5) is 10.1. The number of nitro groups is 1. The fraction of sp³-hybridized carbons (Fsp3) is 0.667. The van der Waals surface area contributed by atoms with Gasteiger partial charge in [-0.1, -0.05) is 0 Å². The van der Waals surface area contributed by atoms with Crippen molar-refractivity contribution in [2.75, 3.05) is 6.61 Å². The molecule has 6 N–H and O–H groups in total. The first-order valence-electron chi connectivity index (χ1n) is 9.52. The van der Waals surface area contributed by atoms with E-state index in [-0.39, 0.29) is 11.4 Å². The van der Waals surface area contributed by atoms with Crippen molar-refractivity contribution >= 4 is 5.69 Å². The molecule has 31 heavy (non-hydrogen) atoms. The van der Waals surface area contributed by atoms with Crippen molar-refractivity contribution in [2.24, 2.45) is 0 Å². The molecule has 0 radical (unpaired) electrons. The summed E-state index contributed by atoms with van der Waals surface area (Å²) in [5.41, 5.74) is -0.162. The van der Waals surface area contributed by atoms with E-state index < -0.39 is 72.9 Å². The third-order valence-corrected chi connectivity index (χ3v) is 5.10. The largest absolute Gasteiger partial charge is 0.462 e. The molecule has 0 aliphatic carbocycles. The van der Waals surface area contributed by atoms with Gasteiger partial charge in [-0.05, 0) is 19.1 Å². The molecule has 0 amide bonds. The molecule has 10 atom stereocenters. The van der Waals surface area contributed by atoms with E-state index in [4.69, 9.17) is 18.9 Å². The molecule has 3 rings (SSSR count). The zero-order valence-corrected chi connectivity index (χ0v) is 16.4. The molecule has 0 bridgehead atoms. The van der Waals surface area contributed by atoms with E-state index in [1.807, 2.05) is 0 Å². The molecule has 2 heterocycles. The summed E-state index contributed by atoms with van der Waals surface area (Å²) in [7, 11) is 0. The first-order chi connectivity index (χ1) is 14.6. The van der Waals surface area contributed by atoms with Crippen molar-refractivity contribution in [1.82, 2.24) is 0 Å². The maximum atomic E-state index is 10.7. The highest BCUT2D eigenvalue weighted by Gasteiger charge is 2.49. The lowest BCUT2D eigenvalue weighted by molar-refractivity contribution is -0.384. The van der Waals surface area contributed by atoms with Crippen LogP contribution in [0.5, 0.6) is 5.75 Å². The van der Waals surface area contributed by atoms with Crippen molar-refractivity contribution in [1.29, 1.82) is 0 Å². The van der Waals surface area contributed by atoms with Crippen molar-refractivity contribution in [3.05, 3.63) is 34.4 Å². The van der Waals surface area contributed by atoms with Gasteiger partial charge in [0.05, 0.1) is 17.6 Å². The van der Waals surface area contributed by atoms with Crippen LogP contribution >= 0.6 is 0 Å². The van der Waals surface area contributed by atoms with Crippen LogP contribution < -0.4 is 4.74 Å². The van der Waals surface area contributed by atoms with Crippen LogP contribution in [0.25, 0.3) is 0 Å². The Morgan fingerprint density at radius 1 is 0.968 bits per heavy atom. The predicted molar refractivity (Wildman–Crippen MR) is 98.7 cm³/mol. The molecular weight excluding hydrogens is 422 g/mol. The molecule has 0 saturated carbocycles. The van der Waals surface area contributed by atoms with Crippen LogP contribution in [0.1, 0.15) is 6.92 Å². The zero-order chi connectivity index (χ0) is 22.9. The van der Waals surface area contributed by atoms with Gasteiger partial charge in [0.1, 0.15) is 48.5 Å². The number of hydrogen-bond donors (Lipinski definition) is 6. The first kappa shape index (κ1) is 23.7. The standard InChI is InChI=1S/C18H25NO12/c1-7(20)15-11(22)13(24)17(30-15)28-6-10(21)16-12(23)14(25)18(31-16)29-9-4-2-8(3-5-9)19(26)27/h2-5,7,10-18,20-25H,6H2,1H3/t7-,10-,11-,12-,13-,14-,15+,16+,17-,18-/m1/s1. The lowest BCUT2D eigenvalue weighted by Crippen LogP contribution is -2.43. The molecule has 13 heteroatoms. The molecule has 0 aromatic heterocycles. The second-order valence-electron chi connectivity index (χ2n) is 7.41. The van der Waals surface area contributed by atoms with Crippen molar-refractivity contribution in [3.63, 3.8) is 0 Å². The van der Waals surface area contributed by atoms with Crippen LogP contribution in [0.15, 0.2) is 24.3 Å². The van der Waals surface area contributed by atoms with E-state index in [1.165, 1.54) is 31.2 Å². The maximum absolute atomic E-state index is 10.7. The predicted octanol–water partition coefficient (Wildman–Crippen LogP) is -2.37. The van der Waals surface area contributed by atoms with E-state index in [2.05, 4.69) is 0 Å². The summed E-state index contributed by atoms with van der Waals surface area (Å²) in [5.74, 6) is 0.133. The van der Waals surface area contributed by atoms with Crippen molar-refractivity contribution < 1.29 is 54.5 Å². The Balaban J connectivity index is 1.55. The molecule has 1 aromatic rings. The number of aliphatic hydroxyl groups is 6. The van der Waals surface area contributed by atoms with E-state index in [9.17, 15) is 40.8 Å². The lowest BCUT2D eigenvalue weighted by atomic mass is 10.1. The molecule has 174 valence electrons. The molecule has 0 unspecified atom stereocenters. The van der Waals surface area contributed by atoms with Gasteiger partial charge >= 0.3 is 0 Å². The Hall–Kier alpha value is -1.94. The average molecular weight is 447 g/mol. The Morgan fingerprint density at radius 2 is 1.52 bits per heavy atom. The number of hydrogen-bond acceptors (Lipinski definition) is 12. The SMILES string of the molecule is C[C@@H](O)[C@@H]1O[C@@H](OC[C@@H](O)[C@@H]2O[C@@H](Oc3ccc([N+](=O)[O-])cc3)[C@H](O)[C@H]2O)[C@H](O)[C@H]1O. The van der Waals surface area contributed by atoms with Gasteiger partial charge in [0.2, 0.25) is 6.29 Å². The molecule has 13 nitrogen and oxygen atoms in total. The minimum atomic E-state index is -1.55. The Morgan fingerprint density at radius 3 is 2.06 bits per heavy atom. The van der Waals surface area contributed by atoms with Gasteiger partial charge in [-0.15, -0.1) is 0 Å². The van der Waals surface area contributed by atoms with Gasteiger partial charge < -0.3 is 49.6 Å². The van der Waals surface area contributed by atoms with Gasteiger partial charge in [-0.25, -0.2) is 0 Å². The van der Waals surface area contributed by atoms with E-state index in [1.54, 1.807) is 0 Å². The van der Waals surface area contributed by atoms with E-state index >= 15 is 0 Å². The third kappa shape index (κ3) is 5.11. The molecule has 2 fully saturated rings. The van der Waals surface area contributed by atoms with Crippen LogP contribution in [0.3, 0.4) is 0 Å². The molecule has 0 spiro atoms. The van der Waals surface area contributed by atoms with Crippen LogP contribution in [0, 0.1) is 10.1 Å². The Bertz CT molecular complexity index is 746. The number of nitrogens with zero attached hydrogens (tertiary/aromatic N) is 1. The van der Waals surface area contributed by atoms with Gasteiger partial charge in [-0.3, -0.25) is 10.1 Å². The fourth-order valence-corrected chi connectivity index (χ4v) is 3.36. The lowest BCUT2D eigenvalue weighted by Gasteiger charge is -2.23. The van der Waals surface area contributed by atoms with Crippen LogP contribution in [0.4, 0.5) is 5.69 Å². The van der Waals surface area contributed by atoms with Crippen LogP contribution in [-0.4, -0.2) is 104 Å². The number of ether oxygens (including phenoxy) is 4. The molecule has 2 aliphatic rings. The summed E-state index contributed by atoms with van der Waals surface area (Å²) < 4.78 is 21.2. The monoisotopic (exact) mass is 447 g/mol. The highest BCUT2D eigenvalue weighted by Crippen LogP contribution is 2.29. The normalized spacial score (nSPS) is 37.5. The summed E-state index contributed by atoms with van der Waals surface area (Å²) in [6.07, 6.45) is -13.6. The summed E-state index contributed by atoms with van der Waals surface area (Å²) in [6.45, 7) is 0.868. The highest BCUT2D eigenvalue weighted by molar-refractivity contribution is 5.36. The highest BCUT2D eigenvalue weighted by atomic mass is 16.7. The first-order valence-corrected chi connectivity index (χ1v) is 9.52. The van der Waals surface area contributed by atoms with Gasteiger partial charge in [-0.2, -0.15) is 0 Å². The minimum absolute atomic E-state index is 0.133. The minimum Gasteiger partial charge on any atom is -0.462 e. The number of rotatable bonds is 8. The molecular formula is C18H25NO12. The zero-order valence-electron chi connectivity index (χ0n) is 16.4. The summed E-state index contributed by atoms with van der Waals surface area (Å²) >= 11 is 0. The van der Waals surface area contributed by atoms with E-state index in [0.717, 1.165) is 0 Å².